The monoisotopic (exact) mass is 672 g/mol. The Morgan fingerprint density at radius 1 is 0.592 bits per heavy atom. The molecule has 266 valence electrons. The highest BCUT2D eigenvalue weighted by Gasteiger charge is 2.13. The highest BCUT2D eigenvalue weighted by atomic mass is 16.3. The van der Waals surface area contributed by atoms with E-state index >= 15 is 0 Å². The molecule has 0 bridgehead atoms. The average molecular weight is 673 g/mol. The Kier molecular flexibility index (Phi) is 14.9. The summed E-state index contributed by atoms with van der Waals surface area (Å²) in [5.74, 6) is 0.643. The van der Waals surface area contributed by atoms with Gasteiger partial charge in [0.15, 0.2) is 19.3 Å². The third kappa shape index (κ3) is 11.8. The number of benzene rings is 3. The number of aliphatic imine (C=N–C) groups is 2. The van der Waals surface area contributed by atoms with Crippen LogP contribution in [0.5, 0.6) is 17.2 Å². The first kappa shape index (κ1) is 38.9. The van der Waals surface area contributed by atoms with Gasteiger partial charge in [-0.05, 0) is 77.9 Å². The van der Waals surface area contributed by atoms with Crippen LogP contribution in [0.1, 0.15) is 58.2 Å². The minimum Gasteiger partial charge on any atom is -0.507 e. The lowest BCUT2D eigenvalue weighted by molar-refractivity contribution is -0.518. The van der Waals surface area contributed by atoms with Gasteiger partial charge in [0, 0.05) is 105 Å². The van der Waals surface area contributed by atoms with E-state index < -0.39 is 0 Å². The second-order valence-corrected chi connectivity index (χ2v) is 13.3. The van der Waals surface area contributed by atoms with Crippen molar-refractivity contribution in [2.24, 2.45) is 9.98 Å². The van der Waals surface area contributed by atoms with Gasteiger partial charge >= 0.3 is 0 Å². The molecule has 3 aromatic carbocycles. The Balaban J connectivity index is 1.63. The normalized spacial score (nSPS) is 12.3. The van der Waals surface area contributed by atoms with Crippen molar-refractivity contribution in [3.8, 4) is 17.2 Å². The molecule has 0 heterocycles. The predicted octanol–water partition coefficient (Wildman–Crippen LogP) is 5.60. The summed E-state index contributed by atoms with van der Waals surface area (Å²) in [5, 5.41) is 35.4. The first-order valence-corrected chi connectivity index (χ1v) is 17.2. The van der Waals surface area contributed by atoms with Gasteiger partial charge < -0.3 is 35.3 Å². The molecule has 0 saturated heterocycles. The van der Waals surface area contributed by atoms with Gasteiger partial charge in [0.1, 0.15) is 17.2 Å². The third-order valence-corrected chi connectivity index (χ3v) is 8.88. The minimum atomic E-state index is 0.200. The zero-order valence-corrected chi connectivity index (χ0v) is 30.9. The number of hydrogen-bond acceptors (Lipinski definition) is 9. The van der Waals surface area contributed by atoms with Gasteiger partial charge in [0.05, 0.1) is 25.2 Å². The molecule has 0 fully saturated rings. The fourth-order valence-electron chi connectivity index (χ4n) is 4.92. The van der Waals surface area contributed by atoms with Crippen molar-refractivity contribution < 1.29 is 19.9 Å². The summed E-state index contributed by atoms with van der Waals surface area (Å²) in [6, 6.07) is 18.0. The maximum atomic E-state index is 10.9. The summed E-state index contributed by atoms with van der Waals surface area (Å²) >= 11 is 0. The van der Waals surface area contributed by atoms with Gasteiger partial charge in [-0.2, -0.15) is 0 Å². The molecule has 10 heteroatoms. The van der Waals surface area contributed by atoms with E-state index in [0.717, 1.165) is 22.6 Å². The molecule has 0 aliphatic carbocycles. The standard InChI is InChI=1S/C39H57N7O3/c1-28(2)43(7)34-13-10-31(37(47)22-34)25-41-17-16-40-18-20-46(27-33-12-15-36(24-39(33)49)45(9)30(5)6)21-19-42-26-32-11-14-35(23-38(32)48)44(8)29(3)4/h10-15,22-30,40H,16-21H2,1-9H3,(H2,41,42,47,48)/p+1. The molecule has 3 aromatic rings. The highest BCUT2D eigenvalue weighted by Crippen LogP contribution is 2.26. The van der Waals surface area contributed by atoms with E-state index in [0.29, 0.717) is 68.5 Å². The molecule has 0 unspecified atom stereocenters. The van der Waals surface area contributed by atoms with Crippen LogP contribution in [0.4, 0.5) is 17.1 Å². The van der Waals surface area contributed by atoms with E-state index in [1.807, 2.05) is 63.8 Å². The van der Waals surface area contributed by atoms with E-state index in [1.165, 1.54) is 0 Å². The molecule has 0 amide bonds. The number of aromatic hydroxyl groups is 3. The summed E-state index contributed by atoms with van der Waals surface area (Å²) in [6.07, 6.45) is 5.40. The van der Waals surface area contributed by atoms with Crippen molar-refractivity contribution in [1.29, 1.82) is 0 Å². The topological polar surface area (TPSA) is 110 Å². The zero-order valence-electron chi connectivity index (χ0n) is 30.9. The molecule has 0 aliphatic heterocycles. The molecular weight excluding hydrogens is 614 g/mol. The van der Waals surface area contributed by atoms with Crippen LogP contribution < -0.4 is 20.0 Å². The van der Waals surface area contributed by atoms with E-state index in [9.17, 15) is 15.3 Å². The van der Waals surface area contributed by atoms with Crippen LogP contribution in [0, 0.1) is 0 Å². The van der Waals surface area contributed by atoms with Crippen molar-refractivity contribution in [2.75, 3.05) is 75.1 Å². The number of anilines is 3. The number of phenols is 3. The van der Waals surface area contributed by atoms with Crippen LogP contribution in [0.25, 0.3) is 0 Å². The molecule has 0 aliphatic rings. The lowest BCUT2D eigenvalue weighted by Gasteiger charge is -2.24. The lowest BCUT2D eigenvalue weighted by atomic mass is 10.1. The number of rotatable bonds is 18. The molecule has 3 rings (SSSR count). The van der Waals surface area contributed by atoms with E-state index in [-0.39, 0.29) is 17.2 Å². The van der Waals surface area contributed by atoms with Gasteiger partial charge in [0.25, 0.3) is 0 Å². The molecule has 0 radical (unpaired) electrons. The van der Waals surface area contributed by atoms with Crippen LogP contribution in [0.3, 0.4) is 0 Å². The van der Waals surface area contributed by atoms with Crippen molar-refractivity contribution in [3.63, 3.8) is 0 Å². The van der Waals surface area contributed by atoms with E-state index in [4.69, 9.17) is 0 Å². The Labute approximate surface area is 293 Å². The quantitative estimate of drug-likeness (QED) is 0.0792. The van der Waals surface area contributed by atoms with Crippen LogP contribution in [-0.2, 0) is 0 Å². The van der Waals surface area contributed by atoms with Gasteiger partial charge in [-0.25, -0.2) is 4.58 Å². The molecule has 49 heavy (non-hydrogen) atoms. The number of phenolic OH excluding ortho intramolecular Hbond substituents is 3. The van der Waals surface area contributed by atoms with Gasteiger partial charge in [-0.15, -0.1) is 0 Å². The molecule has 10 nitrogen and oxygen atoms in total. The fraction of sp³-hybridized carbons (Fsp3) is 0.462. The summed E-state index contributed by atoms with van der Waals surface area (Å²) in [5.41, 5.74) is 4.99. The van der Waals surface area contributed by atoms with Crippen molar-refractivity contribution in [3.05, 3.63) is 71.3 Å². The third-order valence-electron chi connectivity index (χ3n) is 8.88. The number of nitrogens with one attached hydrogen (secondary N) is 1. The molecule has 0 saturated carbocycles. The SMILES string of the molecule is CC(C)N(C)c1ccc(C=NCCNCC[N+](=Cc2ccc(N(C)C(C)C)cc2O)CCN=Cc2ccc(N(C)C(C)C)cc2O)c(O)c1. The smallest absolute Gasteiger partial charge is 0.174 e. The van der Waals surface area contributed by atoms with Gasteiger partial charge in [0.2, 0.25) is 0 Å². The Hall–Kier alpha value is -4.57. The highest BCUT2D eigenvalue weighted by molar-refractivity contribution is 5.85. The molecule has 0 atom stereocenters. The predicted molar refractivity (Wildman–Crippen MR) is 208 cm³/mol. The number of hydrogen-bond donors (Lipinski definition) is 4. The maximum Gasteiger partial charge on any atom is 0.174 e. The Morgan fingerprint density at radius 2 is 1.00 bits per heavy atom. The minimum absolute atomic E-state index is 0.200. The first-order valence-electron chi connectivity index (χ1n) is 17.2. The van der Waals surface area contributed by atoms with Gasteiger partial charge in [-0.1, -0.05) is 0 Å². The van der Waals surface area contributed by atoms with Gasteiger partial charge in [-0.3, -0.25) is 9.98 Å². The molecule has 0 spiro atoms. The molecule has 4 N–H and O–H groups in total. The average Bonchev–Trinajstić information content (AvgIpc) is 3.06. The fourth-order valence-corrected chi connectivity index (χ4v) is 4.92. The van der Waals surface area contributed by atoms with Crippen LogP contribution in [0.2, 0.25) is 0 Å². The van der Waals surface area contributed by atoms with Crippen LogP contribution in [0.15, 0.2) is 64.6 Å². The largest absolute Gasteiger partial charge is 0.507 e. The van der Waals surface area contributed by atoms with Crippen molar-refractivity contribution in [2.45, 2.75) is 59.7 Å². The Bertz CT molecular complexity index is 1580. The maximum absolute atomic E-state index is 10.9. The molecular formula is C39H58N7O3+. The number of nitrogens with zero attached hydrogens (tertiary/aromatic N) is 6. The molecule has 0 aromatic heterocycles. The van der Waals surface area contributed by atoms with Crippen LogP contribution >= 0.6 is 0 Å². The second kappa shape index (κ2) is 18.8. The first-order chi connectivity index (χ1) is 23.3. The van der Waals surface area contributed by atoms with Crippen LogP contribution in [-0.4, -0.2) is 117 Å². The zero-order chi connectivity index (χ0) is 36.1. The van der Waals surface area contributed by atoms with E-state index in [2.05, 4.69) is 76.1 Å². The summed E-state index contributed by atoms with van der Waals surface area (Å²) in [7, 11) is 6.03. The van der Waals surface area contributed by atoms with E-state index in [1.54, 1.807) is 30.6 Å². The summed E-state index contributed by atoms with van der Waals surface area (Å²) < 4.78 is 2.14. The van der Waals surface area contributed by atoms with Crippen molar-refractivity contribution in [1.82, 2.24) is 5.32 Å². The second-order valence-electron chi connectivity index (χ2n) is 13.3. The van der Waals surface area contributed by atoms with Crippen molar-refractivity contribution >= 4 is 35.7 Å². The Morgan fingerprint density at radius 3 is 1.41 bits per heavy atom. The summed E-state index contributed by atoms with van der Waals surface area (Å²) in [4.78, 5) is 15.4. The summed E-state index contributed by atoms with van der Waals surface area (Å²) in [6.45, 7) is 16.5. The lowest BCUT2D eigenvalue weighted by Crippen LogP contribution is -2.29.